The molecule has 3 amide bonds. The smallest absolute Gasteiger partial charge is 0.424 e. The van der Waals surface area contributed by atoms with E-state index in [0.717, 1.165) is 42.7 Å². The van der Waals surface area contributed by atoms with Gasteiger partial charge in [0.25, 0.3) is 11.8 Å². The zero-order chi connectivity index (χ0) is 39.4. The molecule has 19 heteroatoms. The predicted molar refractivity (Wildman–Crippen MR) is 181 cm³/mol. The van der Waals surface area contributed by atoms with Crippen LogP contribution in [0.3, 0.4) is 0 Å². The van der Waals surface area contributed by atoms with Gasteiger partial charge in [0.15, 0.2) is 18.1 Å². The van der Waals surface area contributed by atoms with Crippen LogP contribution in [0.5, 0.6) is 11.5 Å². The fraction of sp³-hybridized carbons (Fsp3) is 0.394. The van der Waals surface area contributed by atoms with Crippen molar-refractivity contribution in [1.82, 2.24) is 20.3 Å². The molecule has 4 N–H and O–H groups in total. The molecule has 2 aromatic carbocycles. The molecule has 3 aromatic rings. The quantitative estimate of drug-likeness (QED) is 0.184. The van der Waals surface area contributed by atoms with Crippen LogP contribution in [-0.4, -0.2) is 74.7 Å². The Balaban J connectivity index is 2.02. The molecule has 0 spiro atoms. The number of hydrogen-bond donors (Lipinski definition) is 4. The Morgan fingerprint density at radius 2 is 1.62 bits per heavy atom. The van der Waals surface area contributed by atoms with Crippen molar-refractivity contribution >= 4 is 39.5 Å². The second-order valence-corrected chi connectivity index (χ2v) is 15.2. The van der Waals surface area contributed by atoms with Crippen LogP contribution in [0.15, 0.2) is 48.5 Å². The molecule has 0 bridgehead atoms. The lowest BCUT2D eigenvalue weighted by Gasteiger charge is -2.33. The van der Waals surface area contributed by atoms with E-state index >= 15 is 0 Å². The average molecular weight is 777 g/mol. The number of aliphatic hydroxyl groups is 1. The third kappa shape index (κ3) is 10.9. The van der Waals surface area contributed by atoms with E-state index in [4.69, 9.17) is 25.8 Å². The van der Waals surface area contributed by atoms with Crippen molar-refractivity contribution in [2.24, 2.45) is 0 Å². The Hall–Kier alpha value is -4.68. The molecule has 1 heterocycles. The summed E-state index contributed by atoms with van der Waals surface area (Å²) in [6.45, 7) is 5.55. The molecule has 0 aliphatic carbocycles. The molecule has 1 atom stereocenters. The zero-order valence-electron chi connectivity index (χ0n) is 29.0. The number of rotatable bonds is 12. The van der Waals surface area contributed by atoms with Crippen LogP contribution in [0, 0.1) is 5.82 Å². The van der Waals surface area contributed by atoms with Gasteiger partial charge in [-0.3, -0.25) is 14.3 Å². The number of alkyl carbamates (subject to hydrolysis) is 1. The fourth-order valence-corrected chi connectivity index (χ4v) is 5.14. The second kappa shape index (κ2) is 15.5. The Morgan fingerprint density at radius 3 is 2.17 bits per heavy atom. The molecule has 52 heavy (non-hydrogen) atoms. The minimum atomic E-state index is -5.45. The highest BCUT2D eigenvalue weighted by atomic mass is 35.5. The lowest BCUT2D eigenvalue weighted by Crippen LogP contribution is -2.52. The fourth-order valence-electron chi connectivity index (χ4n) is 4.49. The summed E-state index contributed by atoms with van der Waals surface area (Å²) in [6.07, 6.45) is -5.59. The van der Waals surface area contributed by atoms with Crippen molar-refractivity contribution in [3.8, 4) is 22.8 Å². The maximum absolute atomic E-state index is 14.8. The van der Waals surface area contributed by atoms with E-state index in [1.54, 1.807) is 25.5 Å². The number of benzene rings is 2. The summed E-state index contributed by atoms with van der Waals surface area (Å²) in [5.41, 5.74) is -7.53. The summed E-state index contributed by atoms with van der Waals surface area (Å²) in [5.74, 6) is -3.16. The van der Waals surface area contributed by atoms with Gasteiger partial charge in [0.2, 0.25) is 15.6 Å². The van der Waals surface area contributed by atoms with Gasteiger partial charge in [0.1, 0.15) is 11.4 Å². The van der Waals surface area contributed by atoms with E-state index in [1.165, 1.54) is 33.1 Å². The first-order valence-corrected chi connectivity index (χ1v) is 17.4. The molecular weight excluding hydrogens is 740 g/mol. The summed E-state index contributed by atoms with van der Waals surface area (Å²) in [5, 5.41) is 15.6. The van der Waals surface area contributed by atoms with Gasteiger partial charge in [-0.1, -0.05) is 11.6 Å². The van der Waals surface area contributed by atoms with Crippen molar-refractivity contribution in [2.45, 2.75) is 57.5 Å². The molecule has 0 aliphatic heterocycles. The van der Waals surface area contributed by atoms with Crippen LogP contribution in [0.2, 0.25) is 5.02 Å². The van der Waals surface area contributed by atoms with E-state index < -0.39 is 75.5 Å². The monoisotopic (exact) mass is 776 g/mol. The van der Waals surface area contributed by atoms with Gasteiger partial charge in [-0.25, -0.2) is 22.6 Å². The number of nitrogens with one attached hydrogen (secondary N) is 3. The maximum Gasteiger partial charge on any atom is 0.424 e. The summed E-state index contributed by atoms with van der Waals surface area (Å²) < 4.78 is 98.4. The highest BCUT2D eigenvalue weighted by Crippen LogP contribution is 2.40. The number of hydrogen-bond acceptors (Lipinski definition) is 10. The van der Waals surface area contributed by atoms with Crippen molar-refractivity contribution in [3.05, 3.63) is 76.2 Å². The summed E-state index contributed by atoms with van der Waals surface area (Å²) in [4.78, 5) is 41.7. The van der Waals surface area contributed by atoms with E-state index in [-0.39, 0.29) is 38.9 Å². The summed E-state index contributed by atoms with van der Waals surface area (Å²) in [6, 6.07) is 8.87. The number of ether oxygens (including phenoxy) is 3. The second-order valence-electron chi connectivity index (χ2n) is 13.0. The molecule has 0 saturated heterocycles. The van der Waals surface area contributed by atoms with Crippen LogP contribution in [0.1, 0.15) is 56.2 Å². The SMILES string of the molecule is COc1cc(C(=O)NCC(O)(c2cc(C(C)(C)NC(=O)OC(C)(C)C)cc(-c3ccc(F)c(Cl)c3)n2)C(F)(F)F)ccc1OCC(=O)NS(C)(=O)=O. The van der Waals surface area contributed by atoms with Gasteiger partial charge in [0, 0.05) is 11.1 Å². The number of aromatic nitrogens is 1. The Bertz CT molecular complexity index is 1950. The number of pyridine rings is 1. The van der Waals surface area contributed by atoms with Gasteiger partial charge in [-0.2, -0.15) is 13.2 Å². The van der Waals surface area contributed by atoms with Crippen molar-refractivity contribution < 1.29 is 59.7 Å². The average Bonchev–Trinajstić information content (AvgIpc) is 3.00. The summed E-state index contributed by atoms with van der Waals surface area (Å²) >= 11 is 5.94. The van der Waals surface area contributed by atoms with Gasteiger partial charge in [-0.05, 0) is 88.7 Å². The first-order chi connectivity index (χ1) is 23.7. The number of methoxy groups -OCH3 is 1. The Morgan fingerprint density at radius 1 is 0.962 bits per heavy atom. The molecule has 0 aliphatic rings. The molecule has 0 radical (unpaired) electrons. The zero-order valence-corrected chi connectivity index (χ0v) is 30.6. The van der Waals surface area contributed by atoms with E-state index in [2.05, 4.69) is 10.3 Å². The first-order valence-electron chi connectivity index (χ1n) is 15.1. The minimum absolute atomic E-state index is 0.0124. The van der Waals surface area contributed by atoms with Gasteiger partial charge in [-0.15, -0.1) is 0 Å². The number of nitrogens with zero attached hydrogens (tertiary/aromatic N) is 1. The van der Waals surface area contributed by atoms with Gasteiger partial charge >= 0.3 is 12.3 Å². The van der Waals surface area contributed by atoms with Crippen LogP contribution in [-0.2, 0) is 30.7 Å². The maximum atomic E-state index is 14.8. The van der Waals surface area contributed by atoms with Crippen LogP contribution in [0.25, 0.3) is 11.3 Å². The highest BCUT2D eigenvalue weighted by Gasteiger charge is 2.56. The molecule has 3 rings (SSSR count). The lowest BCUT2D eigenvalue weighted by atomic mass is 9.88. The Labute approximate surface area is 302 Å². The standard InChI is InChI=1S/C33H37ClF4N4O9S/c1-30(2,3)51-29(45)41-31(4,5)20-14-23(18-8-10-22(35)21(34)12-18)40-26(15-20)32(46,33(36,37)38)17-39-28(44)19-9-11-24(25(13-19)49-6)50-16-27(43)42-52(7,47)48/h8-15,46H,16-17H2,1-7H3,(H,39,44)(H,41,45)(H,42,43). The number of amides is 3. The molecule has 0 saturated carbocycles. The normalized spacial score (nSPS) is 13.4. The molecule has 284 valence electrons. The minimum Gasteiger partial charge on any atom is -0.493 e. The molecule has 13 nitrogen and oxygen atoms in total. The largest absolute Gasteiger partial charge is 0.493 e. The van der Waals surface area contributed by atoms with Gasteiger partial charge in [0.05, 0.1) is 41.9 Å². The van der Waals surface area contributed by atoms with Crippen molar-refractivity contribution in [3.63, 3.8) is 0 Å². The number of sulfonamides is 1. The Kier molecular flexibility index (Phi) is 12.4. The van der Waals surface area contributed by atoms with E-state index in [1.807, 2.05) is 5.32 Å². The number of carbonyl (C=O) groups excluding carboxylic acids is 3. The lowest BCUT2D eigenvalue weighted by molar-refractivity contribution is -0.265. The van der Waals surface area contributed by atoms with Gasteiger partial charge < -0.3 is 30.0 Å². The topological polar surface area (TPSA) is 182 Å². The number of alkyl halides is 3. The first kappa shape index (κ1) is 41.7. The van der Waals surface area contributed by atoms with E-state index in [0.29, 0.717) is 0 Å². The van der Waals surface area contributed by atoms with Crippen LogP contribution in [0.4, 0.5) is 22.4 Å². The third-order valence-corrected chi connectivity index (χ3v) is 7.95. The predicted octanol–water partition coefficient (Wildman–Crippen LogP) is 4.94. The van der Waals surface area contributed by atoms with Crippen LogP contribution < -0.4 is 24.8 Å². The highest BCUT2D eigenvalue weighted by molar-refractivity contribution is 7.89. The molecule has 0 fully saturated rings. The molecule has 1 aromatic heterocycles. The van der Waals surface area contributed by atoms with Crippen molar-refractivity contribution in [2.75, 3.05) is 26.5 Å². The third-order valence-electron chi connectivity index (χ3n) is 7.06. The summed E-state index contributed by atoms with van der Waals surface area (Å²) in [7, 11) is -2.69. The molecular formula is C33H37ClF4N4O9S. The van der Waals surface area contributed by atoms with Crippen LogP contribution >= 0.6 is 11.6 Å². The van der Waals surface area contributed by atoms with Crippen molar-refractivity contribution in [1.29, 1.82) is 0 Å². The molecule has 1 unspecified atom stereocenters. The van der Waals surface area contributed by atoms with E-state index in [9.17, 15) is 45.5 Å². The number of halogens is 5. The number of carbonyl (C=O) groups is 3.